The Balaban J connectivity index is 1.32. The molecule has 37 heavy (non-hydrogen) atoms. The van der Waals surface area contributed by atoms with Crippen molar-refractivity contribution in [3.05, 3.63) is 60.3 Å². The van der Waals surface area contributed by atoms with Crippen LogP contribution < -0.4 is 4.74 Å². The van der Waals surface area contributed by atoms with E-state index in [2.05, 4.69) is 19.9 Å². The normalized spacial score (nSPS) is 19.1. The number of unbranched alkanes of at least 4 members (excludes halogenated alkanes) is 1. The van der Waals surface area contributed by atoms with Crippen molar-refractivity contribution >= 4 is 16.9 Å². The minimum atomic E-state index is -1.10. The first kappa shape index (κ1) is 26.9. The number of carboxylic acid groups (broad SMARTS) is 1. The minimum Gasteiger partial charge on any atom is -0.497 e. The predicted octanol–water partition coefficient (Wildman–Crippen LogP) is 5.65. The average molecular weight is 509 g/mol. The first-order valence-corrected chi connectivity index (χ1v) is 13.3. The minimum absolute atomic E-state index is 0.162. The van der Waals surface area contributed by atoms with Gasteiger partial charge in [0.05, 0.1) is 18.3 Å². The summed E-state index contributed by atoms with van der Waals surface area (Å²) in [5.74, 6) is 0.523. The predicted molar refractivity (Wildman–Crippen MR) is 141 cm³/mol. The second-order valence-corrected chi connectivity index (χ2v) is 10.0. The van der Waals surface area contributed by atoms with Gasteiger partial charge in [0.1, 0.15) is 11.9 Å². The van der Waals surface area contributed by atoms with Crippen molar-refractivity contribution in [1.82, 2.24) is 19.9 Å². The highest BCUT2D eigenvalue weighted by atomic mass is 19.1. The smallest absolute Gasteiger partial charge is 0.303 e. The fraction of sp³-hybridized carbons (Fsp3) is 0.517. The third-order valence-electron chi connectivity index (χ3n) is 7.59. The van der Waals surface area contributed by atoms with Gasteiger partial charge in [0, 0.05) is 43.1 Å². The maximum absolute atomic E-state index is 15.5. The number of benzene rings is 1. The highest BCUT2D eigenvalue weighted by Crippen LogP contribution is 2.36. The number of likely N-dealkylation sites (tertiary alicyclic amines) is 1. The lowest BCUT2D eigenvalue weighted by Crippen LogP contribution is -2.41. The molecule has 0 saturated carbocycles. The van der Waals surface area contributed by atoms with E-state index in [9.17, 15) is 9.90 Å². The number of carboxylic acids is 1. The van der Waals surface area contributed by atoms with Crippen molar-refractivity contribution in [2.75, 3.05) is 26.7 Å². The van der Waals surface area contributed by atoms with Gasteiger partial charge in [-0.25, -0.2) is 4.39 Å². The molecule has 1 aliphatic rings. The van der Waals surface area contributed by atoms with Crippen molar-refractivity contribution in [1.29, 1.82) is 0 Å². The van der Waals surface area contributed by atoms with E-state index in [0.717, 1.165) is 68.3 Å². The quantitative estimate of drug-likeness (QED) is 0.299. The maximum Gasteiger partial charge on any atom is 0.303 e. The second kappa shape index (κ2) is 13.4. The summed E-state index contributed by atoms with van der Waals surface area (Å²) in [6.45, 7) is 2.86. The highest BCUT2D eigenvalue weighted by Gasteiger charge is 2.30. The molecule has 4 rings (SSSR count). The number of rotatable bonds is 13. The molecule has 0 radical (unpaired) electrons. The van der Waals surface area contributed by atoms with Gasteiger partial charge in [-0.1, -0.05) is 0 Å². The van der Waals surface area contributed by atoms with Crippen molar-refractivity contribution < 1.29 is 19.0 Å². The number of halogens is 1. The van der Waals surface area contributed by atoms with Crippen LogP contribution in [0.15, 0.2) is 49.1 Å². The maximum atomic E-state index is 15.5. The monoisotopic (exact) mass is 508 g/mol. The number of piperidine rings is 1. The second-order valence-electron chi connectivity index (χ2n) is 10.0. The molecule has 0 amide bonds. The van der Waals surface area contributed by atoms with Gasteiger partial charge >= 0.3 is 5.97 Å². The van der Waals surface area contributed by atoms with Gasteiger partial charge in [0.25, 0.3) is 0 Å². The molecule has 1 N–H and O–H groups in total. The summed E-state index contributed by atoms with van der Waals surface area (Å²) in [6, 6.07) is 7.30. The molecule has 3 atom stereocenters. The van der Waals surface area contributed by atoms with Crippen LogP contribution in [0, 0.1) is 11.8 Å². The van der Waals surface area contributed by atoms with Gasteiger partial charge in [-0.2, -0.15) is 0 Å². The van der Waals surface area contributed by atoms with E-state index in [1.165, 1.54) is 0 Å². The molecule has 8 heteroatoms. The van der Waals surface area contributed by atoms with Crippen LogP contribution in [0.5, 0.6) is 5.75 Å². The topological polar surface area (TPSA) is 88.4 Å². The van der Waals surface area contributed by atoms with Crippen molar-refractivity contribution in [2.24, 2.45) is 11.8 Å². The number of hydrogen-bond donors (Lipinski definition) is 1. The molecular weight excluding hydrogens is 471 g/mol. The van der Waals surface area contributed by atoms with Crippen LogP contribution in [0.3, 0.4) is 0 Å². The summed E-state index contributed by atoms with van der Waals surface area (Å²) in [4.78, 5) is 26.6. The highest BCUT2D eigenvalue weighted by molar-refractivity contribution is 5.83. The SMILES string of the molecule is COc1ccc2nccc([C@H](F)CC[C@@H]3CCN(CCCCc4cnccn4)C[C@H]3CCC(=O)O)c2c1. The summed E-state index contributed by atoms with van der Waals surface area (Å²) >= 11 is 0. The van der Waals surface area contributed by atoms with Crippen molar-refractivity contribution in [3.8, 4) is 5.75 Å². The Bertz CT molecular complexity index is 1150. The first-order valence-electron chi connectivity index (χ1n) is 13.3. The Labute approximate surface area is 218 Å². The number of aliphatic carboxylic acids is 1. The van der Waals surface area contributed by atoms with Crippen LogP contribution >= 0.6 is 0 Å². The molecule has 1 aromatic carbocycles. The zero-order valence-electron chi connectivity index (χ0n) is 21.6. The Kier molecular flexibility index (Phi) is 9.77. The summed E-state index contributed by atoms with van der Waals surface area (Å²) in [5.41, 5.74) is 2.42. The number of alkyl halides is 1. The zero-order chi connectivity index (χ0) is 26.0. The molecular formula is C29H37FN4O3. The van der Waals surface area contributed by atoms with Crippen LogP contribution in [0.25, 0.3) is 10.9 Å². The zero-order valence-corrected chi connectivity index (χ0v) is 21.6. The van der Waals surface area contributed by atoms with Crippen molar-refractivity contribution in [2.45, 2.75) is 57.5 Å². The van der Waals surface area contributed by atoms with Crippen LogP contribution in [-0.2, 0) is 11.2 Å². The van der Waals surface area contributed by atoms with E-state index in [-0.39, 0.29) is 12.3 Å². The number of nitrogens with zero attached hydrogens (tertiary/aromatic N) is 4. The van der Waals surface area contributed by atoms with Crippen LogP contribution in [0.1, 0.15) is 62.4 Å². The lowest BCUT2D eigenvalue weighted by atomic mass is 9.79. The van der Waals surface area contributed by atoms with E-state index in [0.29, 0.717) is 30.1 Å². The standard InChI is InChI=1S/C29H37FN4O3/c1-37-24-7-9-28-26(18-24)25(11-13-33-28)27(30)8-5-21-12-17-34(20-22(21)6-10-29(35)36)16-3-2-4-23-19-31-14-15-32-23/h7,9,11,13-15,18-19,21-22,27H,2-6,8,10,12,16-17,20H2,1H3,(H,35,36)/t21-,22-,27-/m1/s1. The van der Waals surface area contributed by atoms with E-state index in [1.54, 1.807) is 31.8 Å². The van der Waals surface area contributed by atoms with E-state index in [1.807, 2.05) is 24.4 Å². The summed E-state index contributed by atoms with van der Waals surface area (Å²) in [6.07, 6.45) is 11.8. The number of aromatic nitrogens is 3. The molecule has 0 aliphatic carbocycles. The van der Waals surface area contributed by atoms with Gasteiger partial charge < -0.3 is 14.7 Å². The third-order valence-corrected chi connectivity index (χ3v) is 7.59. The van der Waals surface area contributed by atoms with Gasteiger partial charge in [0.2, 0.25) is 0 Å². The number of pyridine rings is 1. The molecule has 1 saturated heterocycles. The molecule has 1 fully saturated rings. The summed E-state index contributed by atoms with van der Waals surface area (Å²) < 4.78 is 20.9. The Morgan fingerprint density at radius 1 is 1.16 bits per heavy atom. The first-order chi connectivity index (χ1) is 18.0. The summed E-state index contributed by atoms with van der Waals surface area (Å²) in [5, 5.41) is 10.1. The molecule has 3 aromatic rings. The van der Waals surface area contributed by atoms with Gasteiger partial charge in [-0.05, 0) is 99.7 Å². The van der Waals surface area contributed by atoms with E-state index in [4.69, 9.17) is 4.74 Å². The number of methoxy groups -OCH3 is 1. The van der Waals surface area contributed by atoms with Crippen LogP contribution in [0.2, 0.25) is 0 Å². The van der Waals surface area contributed by atoms with Gasteiger partial charge in [-0.3, -0.25) is 19.7 Å². The Hall–Kier alpha value is -3.13. The fourth-order valence-electron chi connectivity index (χ4n) is 5.54. The Morgan fingerprint density at radius 2 is 2.05 bits per heavy atom. The molecule has 2 aromatic heterocycles. The third kappa shape index (κ3) is 7.68. The summed E-state index contributed by atoms with van der Waals surface area (Å²) in [7, 11) is 1.60. The van der Waals surface area contributed by atoms with Gasteiger partial charge in [-0.15, -0.1) is 0 Å². The average Bonchev–Trinajstić information content (AvgIpc) is 2.93. The molecule has 7 nitrogen and oxygen atoms in total. The van der Waals surface area contributed by atoms with Crippen LogP contribution in [0.4, 0.5) is 4.39 Å². The molecule has 0 unspecified atom stereocenters. The number of aryl methyl sites for hydroxylation is 1. The van der Waals surface area contributed by atoms with Gasteiger partial charge in [0.15, 0.2) is 0 Å². The molecule has 198 valence electrons. The number of carbonyl (C=O) groups is 1. The molecule has 3 heterocycles. The number of ether oxygens (including phenoxy) is 1. The lowest BCUT2D eigenvalue weighted by Gasteiger charge is -2.39. The number of fused-ring (bicyclic) bond motifs is 1. The lowest BCUT2D eigenvalue weighted by molar-refractivity contribution is -0.137. The molecule has 0 bridgehead atoms. The fourth-order valence-corrected chi connectivity index (χ4v) is 5.54. The molecule has 1 aliphatic heterocycles. The Morgan fingerprint density at radius 3 is 2.84 bits per heavy atom. The van der Waals surface area contributed by atoms with Crippen molar-refractivity contribution in [3.63, 3.8) is 0 Å². The largest absolute Gasteiger partial charge is 0.497 e. The van der Waals surface area contributed by atoms with Crippen LogP contribution in [-0.4, -0.2) is 57.7 Å². The van der Waals surface area contributed by atoms with E-state index >= 15 is 4.39 Å². The van der Waals surface area contributed by atoms with E-state index < -0.39 is 12.1 Å². The molecule has 0 spiro atoms. The number of hydrogen-bond acceptors (Lipinski definition) is 6.